The molecule has 1 aromatic carbocycles. The van der Waals surface area contributed by atoms with E-state index >= 15 is 0 Å². The smallest absolute Gasteiger partial charge is 0.260 e. The number of rotatable bonds is 3. The fourth-order valence-electron chi connectivity index (χ4n) is 2.22. The van der Waals surface area contributed by atoms with Crippen molar-refractivity contribution in [2.24, 2.45) is 0 Å². The second kappa shape index (κ2) is 6.73. The molecule has 1 unspecified atom stereocenters. The predicted octanol–water partition coefficient (Wildman–Crippen LogP) is 1.69. The second-order valence-electron chi connectivity index (χ2n) is 4.34. The van der Waals surface area contributed by atoms with Crippen molar-refractivity contribution in [1.29, 1.82) is 0 Å². The maximum atomic E-state index is 13.8. The van der Waals surface area contributed by atoms with E-state index in [0.717, 1.165) is 6.42 Å². The van der Waals surface area contributed by atoms with Gasteiger partial charge < -0.3 is 15.0 Å². The number of hydrogen-bond acceptors (Lipinski definition) is 3. The first-order valence-corrected chi connectivity index (χ1v) is 5.96. The monoisotopic (exact) mass is 288 g/mol. The van der Waals surface area contributed by atoms with Crippen LogP contribution in [-0.2, 0) is 0 Å². The zero-order valence-electron chi connectivity index (χ0n) is 11.0. The van der Waals surface area contributed by atoms with Crippen LogP contribution in [0.15, 0.2) is 18.2 Å². The Hall–Kier alpha value is -1.33. The number of halogens is 2. The largest absolute Gasteiger partial charge is 0.496 e. The van der Waals surface area contributed by atoms with E-state index < -0.39 is 5.82 Å². The van der Waals surface area contributed by atoms with Crippen LogP contribution in [-0.4, -0.2) is 44.1 Å². The van der Waals surface area contributed by atoms with Crippen molar-refractivity contribution in [1.82, 2.24) is 10.2 Å². The zero-order chi connectivity index (χ0) is 13.1. The van der Waals surface area contributed by atoms with Crippen LogP contribution in [0.1, 0.15) is 16.8 Å². The Labute approximate surface area is 118 Å². The van der Waals surface area contributed by atoms with Crippen molar-refractivity contribution in [2.45, 2.75) is 12.5 Å². The molecule has 1 amide bonds. The third-order valence-electron chi connectivity index (χ3n) is 3.29. The molecule has 1 N–H and O–H groups in total. The summed E-state index contributed by atoms with van der Waals surface area (Å²) in [6.07, 6.45) is 0.888. The molecule has 0 saturated carbocycles. The number of amides is 1. The number of carbonyl (C=O) groups excluding carboxylic acids is 1. The van der Waals surface area contributed by atoms with Gasteiger partial charge >= 0.3 is 0 Å². The highest BCUT2D eigenvalue weighted by atomic mass is 35.5. The van der Waals surface area contributed by atoms with E-state index in [2.05, 4.69) is 5.32 Å². The first-order chi connectivity index (χ1) is 8.67. The highest BCUT2D eigenvalue weighted by molar-refractivity contribution is 5.97. The summed E-state index contributed by atoms with van der Waals surface area (Å²) in [4.78, 5) is 13.9. The van der Waals surface area contributed by atoms with Crippen LogP contribution in [0.3, 0.4) is 0 Å². The molecule has 0 aromatic heterocycles. The number of likely N-dealkylation sites (N-methyl/N-ethyl adjacent to an activating group) is 1. The van der Waals surface area contributed by atoms with Crippen molar-refractivity contribution in [3.63, 3.8) is 0 Å². The van der Waals surface area contributed by atoms with E-state index in [-0.39, 0.29) is 35.7 Å². The normalized spacial score (nSPS) is 18.1. The lowest BCUT2D eigenvalue weighted by atomic mass is 10.1. The van der Waals surface area contributed by atoms with Gasteiger partial charge in [0.05, 0.1) is 7.11 Å². The highest BCUT2D eigenvalue weighted by Gasteiger charge is 2.29. The summed E-state index contributed by atoms with van der Waals surface area (Å²) in [7, 11) is 3.30. The number of carbonyl (C=O) groups is 1. The number of methoxy groups -OCH3 is 1. The molecule has 0 radical (unpaired) electrons. The lowest BCUT2D eigenvalue weighted by molar-refractivity contribution is 0.0781. The molecule has 1 heterocycles. The summed E-state index contributed by atoms with van der Waals surface area (Å²) < 4.78 is 18.8. The molecule has 6 heteroatoms. The van der Waals surface area contributed by atoms with Crippen molar-refractivity contribution in [3.8, 4) is 5.75 Å². The fraction of sp³-hybridized carbons (Fsp3) is 0.462. The van der Waals surface area contributed by atoms with Gasteiger partial charge in [0, 0.05) is 19.1 Å². The van der Waals surface area contributed by atoms with Crippen LogP contribution in [0.2, 0.25) is 0 Å². The molecule has 1 aliphatic heterocycles. The summed E-state index contributed by atoms with van der Waals surface area (Å²) in [6, 6.07) is 4.70. The number of likely N-dealkylation sites (tertiary alicyclic amines) is 1. The van der Waals surface area contributed by atoms with Crippen molar-refractivity contribution < 1.29 is 13.9 Å². The van der Waals surface area contributed by atoms with Gasteiger partial charge in [0.15, 0.2) is 0 Å². The average Bonchev–Trinajstić information content (AvgIpc) is 2.86. The quantitative estimate of drug-likeness (QED) is 0.920. The van der Waals surface area contributed by atoms with Gasteiger partial charge in [-0.15, -0.1) is 12.4 Å². The molecule has 1 fully saturated rings. The van der Waals surface area contributed by atoms with Crippen LogP contribution in [0, 0.1) is 5.82 Å². The standard InChI is InChI=1S/C13H17FN2O2.ClH/c1-15-9-6-7-16(8-9)13(17)12-10(14)4-3-5-11(12)18-2;/h3-5,9,15H,6-8H2,1-2H3;1H. The van der Waals surface area contributed by atoms with E-state index in [1.54, 1.807) is 11.0 Å². The summed E-state index contributed by atoms with van der Waals surface area (Å²) >= 11 is 0. The van der Waals surface area contributed by atoms with Gasteiger partial charge in [0.1, 0.15) is 17.1 Å². The Morgan fingerprint density at radius 2 is 2.26 bits per heavy atom. The van der Waals surface area contributed by atoms with E-state index in [9.17, 15) is 9.18 Å². The van der Waals surface area contributed by atoms with Gasteiger partial charge in [-0.05, 0) is 25.6 Å². The Morgan fingerprint density at radius 1 is 1.53 bits per heavy atom. The number of nitrogens with zero attached hydrogens (tertiary/aromatic N) is 1. The summed E-state index contributed by atoms with van der Waals surface area (Å²) in [6.45, 7) is 1.24. The van der Waals surface area contributed by atoms with Crippen LogP contribution < -0.4 is 10.1 Å². The molecule has 106 valence electrons. The third-order valence-corrected chi connectivity index (χ3v) is 3.29. The van der Waals surface area contributed by atoms with Gasteiger partial charge in [-0.1, -0.05) is 6.07 Å². The first kappa shape index (κ1) is 15.7. The Morgan fingerprint density at radius 3 is 2.84 bits per heavy atom. The van der Waals surface area contributed by atoms with Crippen molar-refractivity contribution in [2.75, 3.05) is 27.2 Å². The molecule has 1 atom stereocenters. The zero-order valence-corrected chi connectivity index (χ0v) is 11.8. The molecule has 1 aliphatic rings. The van der Waals surface area contributed by atoms with Crippen LogP contribution in [0.25, 0.3) is 0 Å². The van der Waals surface area contributed by atoms with E-state index in [0.29, 0.717) is 13.1 Å². The van der Waals surface area contributed by atoms with E-state index in [1.807, 2.05) is 7.05 Å². The topological polar surface area (TPSA) is 41.6 Å². The Kier molecular flexibility index (Phi) is 5.57. The number of hydrogen-bond donors (Lipinski definition) is 1. The Bertz CT molecular complexity index is 456. The molecule has 4 nitrogen and oxygen atoms in total. The van der Waals surface area contributed by atoms with Gasteiger partial charge in [-0.3, -0.25) is 4.79 Å². The van der Waals surface area contributed by atoms with Crippen LogP contribution in [0.4, 0.5) is 4.39 Å². The third kappa shape index (κ3) is 3.16. The maximum absolute atomic E-state index is 13.8. The minimum absolute atomic E-state index is 0. The maximum Gasteiger partial charge on any atom is 0.260 e. The summed E-state index contributed by atoms with van der Waals surface area (Å²) in [5, 5.41) is 3.12. The second-order valence-corrected chi connectivity index (χ2v) is 4.34. The molecule has 0 bridgehead atoms. The minimum Gasteiger partial charge on any atom is -0.496 e. The van der Waals surface area contributed by atoms with Crippen molar-refractivity contribution in [3.05, 3.63) is 29.6 Å². The minimum atomic E-state index is -0.535. The molecule has 0 spiro atoms. The molecular weight excluding hydrogens is 271 g/mol. The van der Waals surface area contributed by atoms with Crippen LogP contribution in [0.5, 0.6) is 5.75 Å². The summed E-state index contributed by atoms with van der Waals surface area (Å²) in [5.41, 5.74) is 0.0248. The fourth-order valence-corrected chi connectivity index (χ4v) is 2.22. The van der Waals surface area contributed by atoms with Gasteiger partial charge in [-0.2, -0.15) is 0 Å². The molecule has 0 aliphatic carbocycles. The number of benzene rings is 1. The molecule has 1 aromatic rings. The average molecular weight is 289 g/mol. The highest BCUT2D eigenvalue weighted by Crippen LogP contribution is 2.24. The lowest BCUT2D eigenvalue weighted by Crippen LogP contribution is -2.34. The van der Waals surface area contributed by atoms with Gasteiger partial charge in [-0.25, -0.2) is 4.39 Å². The molecular formula is C13H18ClFN2O2. The first-order valence-electron chi connectivity index (χ1n) is 5.96. The SMILES string of the molecule is CNC1CCN(C(=O)c2c(F)cccc2OC)C1.Cl. The molecule has 19 heavy (non-hydrogen) atoms. The van der Waals surface area contributed by atoms with E-state index in [4.69, 9.17) is 4.74 Å². The van der Waals surface area contributed by atoms with E-state index in [1.165, 1.54) is 19.2 Å². The molecule has 1 saturated heterocycles. The lowest BCUT2D eigenvalue weighted by Gasteiger charge is -2.18. The van der Waals surface area contributed by atoms with Crippen LogP contribution >= 0.6 is 12.4 Å². The molecule has 2 rings (SSSR count). The van der Waals surface area contributed by atoms with Crippen molar-refractivity contribution >= 4 is 18.3 Å². The predicted molar refractivity (Wildman–Crippen MR) is 73.6 cm³/mol. The van der Waals surface area contributed by atoms with Gasteiger partial charge in [0.2, 0.25) is 0 Å². The van der Waals surface area contributed by atoms with Gasteiger partial charge in [0.25, 0.3) is 5.91 Å². The number of ether oxygens (including phenoxy) is 1. The Balaban J connectivity index is 0.00000180. The summed E-state index contributed by atoms with van der Waals surface area (Å²) in [5.74, 6) is -0.553. The number of nitrogens with one attached hydrogen (secondary N) is 1.